The molecule has 1 aromatic rings. The van der Waals surface area contributed by atoms with Crippen molar-refractivity contribution in [2.75, 3.05) is 0 Å². The van der Waals surface area contributed by atoms with E-state index in [-0.39, 0.29) is 5.82 Å². The minimum atomic E-state index is -0.270. The molecule has 1 aromatic carbocycles. The highest BCUT2D eigenvalue weighted by atomic mass is 79.9. The Morgan fingerprint density at radius 1 is 1.21 bits per heavy atom. The molecule has 4 unspecified atom stereocenters. The minimum Gasteiger partial charge on any atom is -0.299 e. The number of hydrogen-bond acceptors (Lipinski definition) is 1. The lowest BCUT2D eigenvalue weighted by Crippen LogP contribution is -2.12. The van der Waals surface area contributed by atoms with Gasteiger partial charge in [0, 0.05) is 16.8 Å². The number of benzene rings is 1. The zero-order valence-electron chi connectivity index (χ0n) is 10.6. The number of carbonyl (C=O) groups excluding carboxylic acids is 1. The molecule has 0 spiro atoms. The molecule has 0 heterocycles. The van der Waals surface area contributed by atoms with E-state index in [2.05, 4.69) is 15.9 Å². The quantitative estimate of drug-likeness (QED) is 0.822. The van der Waals surface area contributed by atoms with E-state index in [4.69, 9.17) is 0 Å². The summed E-state index contributed by atoms with van der Waals surface area (Å²) in [4.78, 5) is 12.4. The molecule has 0 radical (unpaired) electrons. The maximum Gasteiger partial charge on any atom is 0.140 e. The van der Waals surface area contributed by atoms with Crippen molar-refractivity contribution >= 4 is 21.7 Å². The van der Waals surface area contributed by atoms with Gasteiger partial charge in [0.2, 0.25) is 0 Å². The summed E-state index contributed by atoms with van der Waals surface area (Å²) in [6, 6.07) is 4.77. The largest absolute Gasteiger partial charge is 0.299 e. The lowest BCUT2D eigenvalue weighted by atomic mass is 9.96. The van der Waals surface area contributed by atoms with Gasteiger partial charge < -0.3 is 0 Å². The average Bonchev–Trinajstić information content (AvgIpc) is 2.78. The second kappa shape index (κ2) is 4.15. The van der Waals surface area contributed by atoms with Crippen LogP contribution in [-0.2, 0) is 11.2 Å². The monoisotopic (exact) mass is 322 g/mol. The molecule has 0 saturated heterocycles. The molecule has 3 aliphatic carbocycles. The Morgan fingerprint density at radius 3 is 2.53 bits per heavy atom. The molecule has 1 nitrogen and oxygen atoms in total. The third kappa shape index (κ3) is 1.89. The number of rotatable bonds is 3. The Hall–Kier alpha value is -0.700. The predicted molar refractivity (Wildman–Crippen MR) is 74.1 cm³/mol. The summed E-state index contributed by atoms with van der Waals surface area (Å²) in [5.74, 6) is 3.38. The van der Waals surface area contributed by atoms with Gasteiger partial charge in [0.25, 0.3) is 0 Å². The lowest BCUT2D eigenvalue weighted by molar-refractivity contribution is -0.120. The first kappa shape index (κ1) is 12.1. The van der Waals surface area contributed by atoms with Crippen molar-refractivity contribution in [3.63, 3.8) is 0 Å². The third-order valence-corrected chi connectivity index (χ3v) is 5.87. The Labute approximate surface area is 120 Å². The average molecular weight is 323 g/mol. The van der Waals surface area contributed by atoms with E-state index in [1.807, 2.05) is 6.07 Å². The summed E-state index contributed by atoms with van der Waals surface area (Å²) in [6.07, 6.45) is 4.43. The second-order valence-electron chi connectivity index (χ2n) is 6.43. The van der Waals surface area contributed by atoms with Gasteiger partial charge in [-0.1, -0.05) is 15.9 Å². The van der Waals surface area contributed by atoms with Crippen LogP contribution in [0.3, 0.4) is 0 Å². The van der Waals surface area contributed by atoms with Crippen molar-refractivity contribution in [2.24, 2.45) is 29.6 Å². The highest BCUT2D eigenvalue weighted by molar-refractivity contribution is 9.10. The SMILES string of the molecule is O=C(Cc1cc(F)cc(Br)c1)C1C2C3CCC(C3)C12. The Balaban J connectivity index is 1.48. The van der Waals surface area contributed by atoms with Gasteiger partial charge in [0.15, 0.2) is 0 Å². The molecule has 100 valence electrons. The highest BCUT2D eigenvalue weighted by Gasteiger charge is 2.66. The van der Waals surface area contributed by atoms with Crippen molar-refractivity contribution in [2.45, 2.75) is 25.7 Å². The molecule has 3 fully saturated rings. The first-order chi connectivity index (χ1) is 9.13. The van der Waals surface area contributed by atoms with Crippen LogP contribution in [-0.4, -0.2) is 5.78 Å². The maximum absolute atomic E-state index is 13.3. The molecule has 3 heteroatoms. The highest BCUT2D eigenvalue weighted by Crippen LogP contribution is 2.69. The first-order valence-corrected chi connectivity index (χ1v) is 7.90. The minimum absolute atomic E-state index is 0.270. The normalized spacial score (nSPS) is 38.3. The smallest absolute Gasteiger partial charge is 0.140 e. The van der Waals surface area contributed by atoms with Crippen LogP contribution in [0.25, 0.3) is 0 Å². The number of ketones is 1. The number of carbonyl (C=O) groups is 1. The molecule has 2 bridgehead atoms. The van der Waals surface area contributed by atoms with Gasteiger partial charge >= 0.3 is 0 Å². The van der Waals surface area contributed by atoms with Crippen molar-refractivity contribution in [3.8, 4) is 0 Å². The third-order valence-electron chi connectivity index (χ3n) is 5.41. The molecule has 19 heavy (non-hydrogen) atoms. The van der Waals surface area contributed by atoms with E-state index in [1.54, 1.807) is 0 Å². The van der Waals surface area contributed by atoms with E-state index in [0.717, 1.165) is 17.4 Å². The van der Waals surface area contributed by atoms with E-state index in [1.165, 1.54) is 31.4 Å². The lowest BCUT2D eigenvalue weighted by Gasteiger charge is -2.08. The standard InChI is InChI=1S/C16H16BrFO/c17-11-3-8(4-12(18)7-11)5-13(19)16-14-9-1-2-10(6-9)15(14)16/h3-4,7,9-10,14-16H,1-2,5-6H2. The second-order valence-corrected chi connectivity index (χ2v) is 7.35. The van der Waals surface area contributed by atoms with Crippen LogP contribution in [0.15, 0.2) is 22.7 Å². The molecule has 3 saturated carbocycles. The molecule has 0 aromatic heterocycles. The van der Waals surface area contributed by atoms with Gasteiger partial charge in [0.1, 0.15) is 11.6 Å². The maximum atomic E-state index is 13.3. The van der Waals surface area contributed by atoms with E-state index >= 15 is 0 Å². The van der Waals surface area contributed by atoms with Gasteiger partial charge in [-0.3, -0.25) is 4.79 Å². The van der Waals surface area contributed by atoms with Crippen LogP contribution in [0.4, 0.5) is 4.39 Å². The zero-order chi connectivity index (χ0) is 13.1. The molecule has 0 N–H and O–H groups in total. The molecule has 0 aliphatic heterocycles. The summed E-state index contributed by atoms with van der Waals surface area (Å²) in [6.45, 7) is 0. The Morgan fingerprint density at radius 2 is 1.89 bits per heavy atom. The summed E-state index contributed by atoms with van der Waals surface area (Å²) in [7, 11) is 0. The molecular formula is C16H16BrFO. The van der Waals surface area contributed by atoms with Crippen LogP contribution in [0.2, 0.25) is 0 Å². The topological polar surface area (TPSA) is 17.1 Å². The van der Waals surface area contributed by atoms with Crippen LogP contribution < -0.4 is 0 Å². The summed E-state index contributed by atoms with van der Waals surface area (Å²) < 4.78 is 14.0. The van der Waals surface area contributed by atoms with Crippen LogP contribution >= 0.6 is 15.9 Å². The van der Waals surface area contributed by atoms with Crippen LogP contribution in [0.1, 0.15) is 24.8 Å². The van der Waals surface area contributed by atoms with Crippen LogP contribution in [0.5, 0.6) is 0 Å². The number of Topliss-reactive ketones (excluding diaryl/α,β-unsaturated/α-hetero) is 1. The van der Waals surface area contributed by atoms with Crippen molar-refractivity contribution < 1.29 is 9.18 Å². The fraction of sp³-hybridized carbons (Fsp3) is 0.562. The Bertz CT molecular complexity index is 519. The first-order valence-electron chi connectivity index (χ1n) is 7.11. The fourth-order valence-electron chi connectivity index (χ4n) is 4.79. The van der Waals surface area contributed by atoms with E-state index < -0.39 is 0 Å². The fourth-order valence-corrected chi connectivity index (χ4v) is 5.30. The van der Waals surface area contributed by atoms with Gasteiger partial charge in [-0.25, -0.2) is 4.39 Å². The summed E-state index contributed by atoms with van der Waals surface area (Å²) in [5.41, 5.74) is 0.800. The summed E-state index contributed by atoms with van der Waals surface area (Å²) >= 11 is 3.28. The Kier molecular flexibility index (Phi) is 2.63. The van der Waals surface area contributed by atoms with Crippen molar-refractivity contribution in [3.05, 3.63) is 34.1 Å². The zero-order valence-corrected chi connectivity index (χ0v) is 12.2. The van der Waals surface area contributed by atoms with Gasteiger partial charge in [-0.2, -0.15) is 0 Å². The van der Waals surface area contributed by atoms with Gasteiger partial charge in [0.05, 0.1) is 0 Å². The molecule has 0 amide bonds. The number of halogens is 2. The number of fused-ring (bicyclic) bond motifs is 5. The molecular weight excluding hydrogens is 307 g/mol. The van der Waals surface area contributed by atoms with E-state index in [0.29, 0.717) is 34.4 Å². The molecule has 4 atom stereocenters. The van der Waals surface area contributed by atoms with E-state index in [9.17, 15) is 9.18 Å². The molecule has 4 rings (SSSR count). The summed E-state index contributed by atoms with van der Waals surface area (Å²) in [5, 5.41) is 0. The van der Waals surface area contributed by atoms with Crippen LogP contribution in [0, 0.1) is 35.4 Å². The number of hydrogen-bond donors (Lipinski definition) is 0. The van der Waals surface area contributed by atoms with Gasteiger partial charge in [-0.15, -0.1) is 0 Å². The predicted octanol–water partition coefficient (Wildman–Crippen LogP) is 3.99. The van der Waals surface area contributed by atoms with Gasteiger partial charge in [-0.05, 0) is 66.7 Å². The van der Waals surface area contributed by atoms with Crippen molar-refractivity contribution in [1.82, 2.24) is 0 Å². The molecule has 3 aliphatic rings. The van der Waals surface area contributed by atoms with Crippen molar-refractivity contribution in [1.29, 1.82) is 0 Å².